The summed E-state index contributed by atoms with van der Waals surface area (Å²) in [7, 11) is 4.19. The highest BCUT2D eigenvalue weighted by atomic mass is 16.5. The van der Waals surface area contributed by atoms with Gasteiger partial charge in [0.2, 0.25) is 0 Å². The maximum absolute atomic E-state index is 13.2. The van der Waals surface area contributed by atoms with Crippen LogP contribution in [0.15, 0.2) is 4.52 Å². The highest BCUT2D eigenvalue weighted by molar-refractivity contribution is 5.96. The van der Waals surface area contributed by atoms with Gasteiger partial charge in [-0.05, 0) is 34.9 Å². The van der Waals surface area contributed by atoms with Crippen molar-refractivity contribution in [3.8, 4) is 0 Å². The number of aryl methyl sites for hydroxylation is 1. The Morgan fingerprint density at radius 1 is 1.24 bits per heavy atom. The average molecular weight is 351 g/mol. The van der Waals surface area contributed by atoms with Crippen LogP contribution in [0.25, 0.3) is 0 Å². The Morgan fingerprint density at radius 3 is 2.28 bits per heavy atom. The first-order valence-corrected chi connectivity index (χ1v) is 9.18. The van der Waals surface area contributed by atoms with Crippen LogP contribution in [0.1, 0.15) is 56.4 Å². The normalized spacial score (nSPS) is 22.7. The van der Waals surface area contributed by atoms with Gasteiger partial charge in [0, 0.05) is 43.7 Å². The molecule has 1 saturated heterocycles. The van der Waals surface area contributed by atoms with E-state index in [9.17, 15) is 4.79 Å². The first-order chi connectivity index (χ1) is 11.5. The van der Waals surface area contributed by atoms with Crippen molar-refractivity contribution in [2.24, 2.45) is 0 Å². The van der Waals surface area contributed by atoms with E-state index >= 15 is 0 Å². The molecule has 1 fully saturated rings. The Labute approximate surface area is 152 Å². The summed E-state index contributed by atoms with van der Waals surface area (Å²) in [4.78, 5) is 19.9. The molecule has 1 aromatic rings. The van der Waals surface area contributed by atoms with Crippen molar-refractivity contribution in [1.82, 2.24) is 19.9 Å². The summed E-state index contributed by atoms with van der Waals surface area (Å²) in [5.41, 5.74) is 1.19. The van der Waals surface area contributed by atoms with Gasteiger partial charge in [-0.2, -0.15) is 0 Å². The monoisotopic (exact) mass is 350 g/mol. The van der Waals surface area contributed by atoms with Gasteiger partial charge >= 0.3 is 0 Å². The molecule has 2 atom stereocenters. The molecule has 2 unspecified atom stereocenters. The molecule has 25 heavy (non-hydrogen) atoms. The largest absolute Gasteiger partial charge is 0.361 e. The number of piperazine rings is 1. The lowest BCUT2D eigenvalue weighted by Gasteiger charge is -2.44. The van der Waals surface area contributed by atoms with E-state index in [0.29, 0.717) is 23.4 Å². The number of aromatic nitrogens is 1. The van der Waals surface area contributed by atoms with Gasteiger partial charge in [-0.3, -0.25) is 9.69 Å². The molecule has 0 spiro atoms. The van der Waals surface area contributed by atoms with Gasteiger partial charge in [0.25, 0.3) is 5.91 Å². The van der Waals surface area contributed by atoms with Gasteiger partial charge in [0.1, 0.15) is 17.0 Å². The number of hydrogen-bond acceptors (Lipinski definition) is 5. The second-order valence-electron chi connectivity index (χ2n) is 8.66. The van der Waals surface area contributed by atoms with Crippen molar-refractivity contribution in [3.05, 3.63) is 17.0 Å². The summed E-state index contributed by atoms with van der Waals surface area (Å²) in [5, 5.41) is 4.17. The fraction of sp³-hybridized carbons (Fsp3) is 0.789. The number of hydrogen-bond donors (Lipinski definition) is 0. The van der Waals surface area contributed by atoms with Crippen LogP contribution in [0, 0.1) is 6.92 Å². The molecule has 1 aliphatic rings. The third-order valence-corrected chi connectivity index (χ3v) is 4.98. The molecule has 6 heteroatoms. The molecule has 142 valence electrons. The molecule has 1 aliphatic heterocycles. The lowest BCUT2D eigenvalue weighted by molar-refractivity contribution is 0.0280. The van der Waals surface area contributed by atoms with Crippen LogP contribution >= 0.6 is 0 Å². The lowest BCUT2D eigenvalue weighted by Crippen LogP contribution is -2.59. The number of nitrogens with zero attached hydrogens (tertiary/aromatic N) is 4. The predicted molar refractivity (Wildman–Crippen MR) is 100 cm³/mol. The highest BCUT2D eigenvalue weighted by Crippen LogP contribution is 2.29. The minimum Gasteiger partial charge on any atom is -0.361 e. The Hall–Kier alpha value is -1.40. The maximum Gasteiger partial charge on any atom is 0.259 e. The standard InChI is InChI=1S/C19H34N4O2/c1-13-11-22(12-14(2)23(13)10-9-21(7)8)18(24)16-15(3)25-20-17(16)19(4,5)6/h13-14H,9-12H2,1-8H3. The van der Waals surface area contributed by atoms with Crippen molar-refractivity contribution in [3.63, 3.8) is 0 Å². The average Bonchev–Trinajstić information content (AvgIpc) is 2.87. The van der Waals surface area contributed by atoms with Crippen molar-refractivity contribution in [2.45, 2.75) is 59.0 Å². The van der Waals surface area contributed by atoms with Crippen LogP contribution in [0.3, 0.4) is 0 Å². The van der Waals surface area contributed by atoms with Gasteiger partial charge in [0.15, 0.2) is 0 Å². The number of carbonyl (C=O) groups is 1. The van der Waals surface area contributed by atoms with Crippen LogP contribution in [0.4, 0.5) is 0 Å². The van der Waals surface area contributed by atoms with E-state index in [1.807, 2.05) is 11.8 Å². The van der Waals surface area contributed by atoms with Gasteiger partial charge < -0.3 is 14.3 Å². The zero-order chi connectivity index (χ0) is 18.9. The second kappa shape index (κ2) is 7.46. The van der Waals surface area contributed by atoms with Crippen LogP contribution in [-0.2, 0) is 5.41 Å². The molecule has 0 aromatic carbocycles. The van der Waals surface area contributed by atoms with Crippen molar-refractivity contribution < 1.29 is 9.32 Å². The topological polar surface area (TPSA) is 52.8 Å². The summed E-state index contributed by atoms with van der Waals surface area (Å²) in [5.74, 6) is 0.667. The molecule has 2 rings (SSSR count). The third kappa shape index (κ3) is 4.42. The van der Waals surface area contributed by atoms with Crippen molar-refractivity contribution >= 4 is 5.91 Å². The van der Waals surface area contributed by atoms with E-state index < -0.39 is 0 Å². The molecule has 1 aromatic heterocycles. The van der Waals surface area contributed by atoms with E-state index in [1.54, 1.807) is 0 Å². The minimum atomic E-state index is -0.215. The van der Waals surface area contributed by atoms with E-state index in [0.717, 1.165) is 31.9 Å². The fourth-order valence-corrected chi connectivity index (χ4v) is 3.57. The summed E-state index contributed by atoms with van der Waals surface area (Å²) in [6.07, 6.45) is 0. The van der Waals surface area contributed by atoms with Crippen LogP contribution in [0.5, 0.6) is 0 Å². The summed E-state index contributed by atoms with van der Waals surface area (Å²) in [6, 6.07) is 0.678. The zero-order valence-corrected chi connectivity index (χ0v) is 17.1. The Balaban J connectivity index is 2.16. The predicted octanol–water partition coefficient (Wildman–Crippen LogP) is 2.38. The number of rotatable bonds is 4. The van der Waals surface area contributed by atoms with Crippen LogP contribution in [-0.4, -0.2) is 78.1 Å². The summed E-state index contributed by atoms with van der Waals surface area (Å²) in [6.45, 7) is 16.0. The first-order valence-electron chi connectivity index (χ1n) is 9.18. The quantitative estimate of drug-likeness (QED) is 0.834. The van der Waals surface area contributed by atoms with Gasteiger partial charge in [-0.25, -0.2) is 0 Å². The molecule has 2 heterocycles. The van der Waals surface area contributed by atoms with E-state index in [4.69, 9.17) is 4.52 Å². The fourth-order valence-electron chi connectivity index (χ4n) is 3.57. The van der Waals surface area contributed by atoms with Gasteiger partial charge in [-0.1, -0.05) is 25.9 Å². The second-order valence-corrected chi connectivity index (χ2v) is 8.66. The van der Waals surface area contributed by atoms with Gasteiger partial charge in [0.05, 0.1) is 0 Å². The Morgan fingerprint density at radius 2 is 1.80 bits per heavy atom. The number of likely N-dealkylation sites (N-methyl/N-ethyl adjacent to an activating group) is 1. The first kappa shape index (κ1) is 19.9. The smallest absolute Gasteiger partial charge is 0.259 e. The molecule has 1 amide bonds. The number of amides is 1. The van der Waals surface area contributed by atoms with E-state index in [2.05, 4.69) is 63.7 Å². The highest BCUT2D eigenvalue weighted by Gasteiger charge is 2.36. The lowest BCUT2D eigenvalue weighted by atomic mass is 9.88. The molecule has 0 saturated carbocycles. The van der Waals surface area contributed by atoms with E-state index in [-0.39, 0.29) is 11.3 Å². The molecular weight excluding hydrogens is 316 g/mol. The Kier molecular flexibility index (Phi) is 5.94. The van der Waals surface area contributed by atoms with Crippen LogP contribution < -0.4 is 0 Å². The molecule has 0 bridgehead atoms. The van der Waals surface area contributed by atoms with Crippen molar-refractivity contribution in [1.29, 1.82) is 0 Å². The molecule has 0 N–H and O–H groups in total. The summed E-state index contributed by atoms with van der Waals surface area (Å²) >= 11 is 0. The van der Waals surface area contributed by atoms with E-state index in [1.165, 1.54) is 0 Å². The SMILES string of the molecule is Cc1onc(C(C)(C)C)c1C(=O)N1CC(C)N(CCN(C)C)C(C)C1. The van der Waals surface area contributed by atoms with Crippen LogP contribution in [0.2, 0.25) is 0 Å². The molecular formula is C19H34N4O2. The third-order valence-electron chi connectivity index (χ3n) is 4.98. The zero-order valence-electron chi connectivity index (χ0n) is 17.1. The Bertz CT molecular complexity index is 591. The molecule has 0 aliphatic carbocycles. The molecule has 0 radical (unpaired) electrons. The minimum absolute atomic E-state index is 0.0506. The van der Waals surface area contributed by atoms with Crippen molar-refractivity contribution in [2.75, 3.05) is 40.3 Å². The summed E-state index contributed by atoms with van der Waals surface area (Å²) < 4.78 is 5.36. The number of carbonyl (C=O) groups excluding carboxylic acids is 1. The maximum atomic E-state index is 13.2. The van der Waals surface area contributed by atoms with Gasteiger partial charge in [-0.15, -0.1) is 0 Å². The molecule has 6 nitrogen and oxygen atoms in total.